The molecular weight excluding hydrogens is 562 g/mol. The van der Waals surface area contributed by atoms with E-state index < -0.39 is 6.29 Å². The zero-order valence-corrected chi connectivity index (χ0v) is 25.0. The highest BCUT2D eigenvalue weighted by Crippen LogP contribution is 2.33. The number of imidazole rings is 1. The van der Waals surface area contributed by atoms with Crippen molar-refractivity contribution in [2.24, 2.45) is 0 Å². The highest BCUT2D eigenvalue weighted by molar-refractivity contribution is 8.00. The quantitative estimate of drug-likeness (QED) is 0.108. The van der Waals surface area contributed by atoms with Gasteiger partial charge in [-0.1, -0.05) is 12.8 Å². The van der Waals surface area contributed by atoms with Crippen molar-refractivity contribution in [2.45, 2.75) is 107 Å². The molecule has 14 heteroatoms. The van der Waals surface area contributed by atoms with Gasteiger partial charge < -0.3 is 41.0 Å². The number of aliphatic hydroxyl groups is 1. The Labute approximate surface area is 251 Å². The zero-order valence-electron chi connectivity index (χ0n) is 24.1. The summed E-state index contributed by atoms with van der Waals surface area (Å²) in [6, 6.07) is 0.398. The molecule has 0 aliphatic carbocycles. The third-order valence-electron chi connectivity index (χ3n) is 7.84. The molecule has 4 rings (SSSR count). The number of ether oxygens (including phenoxy) is 1. The number of nitrogens with zero attached hydrogens (tertiary/aromatic N) is 2. The van der Waals surface area contributed by atoms with E-state index in [0.29, 0.717) is 56.3 Å². The monoisotopic (exact) mass is 607 g/mol. The second-order valence-electron chi connectivity index (χ2n) is 11.2. The summed E-state index contributed by atoms with van der Waals surface area (Å²) in [5.41, 5.74) is 0.305. The minimum Gasteiger partial charge on any atom is -0.368 e. The van der Waals surface area contributed by atoms with Crippen LogP contribution in [0.25, 0.3) is 0 Å². The minimum absolute atomic E-state index is 0.0209. The molecule has 13 nitrogen and oxygen atoms in total. The molecule has 5 amide bonds. The van der Waals surface area contributed by atoms with Gasteiger partial charge in [-0.15, -0.1) is 0 Å². The van der Waals surface area contributed by atoms with Crippen LogP contribution in [-0.4, -0.2) is 87.4 Å². The van der Waals surface area contributed by atoms with Crippen molar-refractivity contribution in [1.29, 1.82) is 0 Å². The maximum atomic E-state index is 12.3. The topological polar surface area (TPSA) is 176 Å². The van der Waals surface area contributed by atoms with Gasteiger partial charge >= 0.3 is 6.03 Å². The molecule has 0 saturated carbocycles. The molecule has 3 fully saturated rings. The molecule has 0 radical (unpaired) electrons. The first-order chi connectivity index (χ1) is 20.4. The number of fused-ring (bicyclic) bond motifs is 1. The van der Waals surface area contributed by atoms with Crippen LogP contribution in [0.15, 0.2) is 12.5 Å². The number of nitrogens with one attached hydrogen (secondary N) is 5. The highest BCUT2D eigenvalue weighted by Gasteiger charge is 2.42. The van der Waals surface area contributed by atoms with Crippen LogP contribution in [0, 0.1) is 0 Å². The molecule has 6 N–H and O–H groups in total. The highest BCUT2D eigenvalue weighted by atomic mass is 32.2. The second kappa shape index (κ2) is 16.7. The van der Waals surface area contributed by atoms with Gasteiger partial charge in [-0.3, -0.25) is 14.4 Å². The molecule has 0 aromatic carbocycles. The fourth-order valence-corrected chi connectivity index (χ4v) is 7.01. The normalized spacial score (nSPS) is 24.6. The first-order valence-corrected chi connectivity index (χ1v) is 16.3. The number of carbonyl (C=O) groups excluding carboxylic acids is 4. The lowest BCUT2D eigenvalue weighted by Crippen LogP contribution is -2.36. The molecule has 5 atom stereocenters. The van der Waals surface area contributed by atoms with Crippen molar-refractivity contribution < 1.29 is 29.0 Å². The van der Waals surface area contributed by atoms with Crippen LogP contribution >= 0.6 is 11.8 Å². The Bertz CT molecular complexity index is 1060. The van der Waals surface area contributed by atoms with Crippen LogP contribution in [-0.2, 0) is 14.3 Å². The van der Waals surface area contributed by atoms with E-state index in [2.05, 4.69) is 31.6 Å². The summed E-state index contributed by atoms with van der Waals surface area (Å²) in [6.07, 6.45) is 11.2. The smallest absolute Gasteiger partial charge is 0.315 e. The van der Waals surface area contributed by atoms with Gasteiger partial charge in [-0.2, -0.15) is 11.8 Å². The summed E-state index contributed by atoms with van der Waals surface area (Å²) < 4.78 is 7.06. The number of hydrogen-bond acceptors (Lipinski definition) is 8. The zero-order chi connectivity index (χ0) is 29.7. The van der Waals surface area contributed by atoms with Crippen LogP contribution in [0.4, 0.5) is 4.79 Å². The molecule has 1 aromatic rings. The van der Waals surface area contributed by atoms with Gasteiger partial charge in [0.25, 0.3) is 5.91 Å². The van der Waals surface area contributed by atoms with E-state index in [1.165, 1.54) is 6.33 Å². The summed E-state index contributed by atoms with van der Waals surface area (Å²) in [6.45, 7) is 1.68. The van der Waals surface area contributed by atoms with Gasteiger partial charge in [-0.05, 0) is 44.9 Å². The molecule has 0 bridgehead atoms. The number of thioether (sulfide) groups is 1. The van der Waals surface area contributed by atoms with E-state index in [0.717, 1.165) is 57.1 Å². The van der Waals surface area contributed by atoms with E-state index in [9.17, 15) is 24.3 Å². The molecule has 3 aliphatic heterocycles. The van der Waals surface area contributed by atoms with Gasteiger partial charge in [0.2, 0.25) is 11.8 Å². The number of rotatable bonds is 18. The number of amides is 5. The average Bonchev–Trinajstić information content (AvgIpc) is 3.76. The predicted octanol–water partition coefficient (Wildman–Crippen LogP) is 1.54. The van der Waals surface area contributed by atoms with Crippen molar-refractivity contribution in [3.05, 3.63) is 18.2 Å². The van der Waals surface area contributed by atoms with Gasteiger partial charge in [-0.25, -0.2) is 9.78 Å². The Morgan fingerprint density at radius 3 is 2.36 bits per heavy atom. The fraction of sp³-hybridized carbons (Fsp3) is 0.750. The van der Waals surface area contributed by atoms with Crippen LogP contribution < -0.4 is 26.6 Å². The van der Waals surface area contributed by atoms with Gasteiger partial charge in [0.1, 0.15) is 11.9 Å². The summed E-state index contributed by atoms with van der Waals surface area (Å²) >= 11 is 1.90. The predicted molar refractivity (Wildman–Crippen MR) is 158 cm³/mol. The Morgan fingerprint density at radius 2 is 1.64 bits per heavy atom. The first-order valence-electron chi connectivity index (χ1n) is 15.3. The molecule has 3 aliphatic rings. The summed E-state index contributed by atoms with van der Waals surface area (Å²) in [5.74, 6) is 0.791. The van der Waals surface area contributed by atoms with Crippen molar-refractivity contribution in [2.75, 3.05) is 25.4 Å². The van der Waals surface area contributed by atoms with Gasteiger partial charge in [0.05, 0.1) is 18.4 Å². The first kappa shape index (κ1) is 32.1. The Balaban J connectivity index is 0.911. The van der Waals surface area contributed by atoms with Gasteiger partial charge in [0.15, 0.2) is 6.29 Å². The van der Waals surface area contributed by atoms with Crippen molar-refractivity contribution in [1.82, 2.24) is 36.1 Å². The van der Waals surface area contributed by atoms with Crippen molar-refractivity contribution in [3.63, 3.8) is 0 Å². The number of urea groups is 1. The van der Waals surface area contributed by atoms with Gasteiger partial charge in [0, 0.05) is 56.1 Å². The lowest BCUT2D eigenvalue weighted by molar-refractivity contribution is -0.122. The molecule has 234 valence electrons. The number of aromatic nitrogens is 2. The summed E-state index contributed by atoms with van der Waals surface area (Å²) in [4.78, 5) is 52.0. The van der Waals surface area contributed by atoms with E-state index in [1.54, 1.807) is 10.8 Å². The maximum absolute atomic E-state index is 12.3. The lowest BCUT2D eigenvalue weighted by atomic mass is 10.0. The fourth-order valence-electron chi connectivity index (χ4n) is 5.47. The maximum Gasteiger partial charge on any atom is 0.315 e. The number of carbonyl (C=O) groups is 4. The number of unbranched alkanes of at least 4 members (excludes halogenated alkanes) is 4. The van der Waals surface area contributed by atoms with E-state index in [-0.39, 0.29) is 42.1 Å². The summed E-state index contributed by atoms with van der Waals surface area (Å²) in [5, 5.41) is 24.6. The van der Waals surface area contributed by atoms with E-state index >= 15 is 0 Å². The summed E-state index contributed by atoms with van der Waals surface area (Å²) in [7, 11) is 0. The Morgan fingerprint density at radius 1 is 0.952 bits per heavy atom. The molecular formula is C28H45N7O6S. The SMILES string of the molecule is O=C(CCCCCNC(=O)CCCCC1SCC2NC(=O)NC21)NCCCCNC(=O)c1cn(C2CCC(O)O2)cn1. The van der Waals surface area contributed by atoms with Crippen LogP contribution in [0.3, 0.4) is 0 Å². The second-order valence-corrected chi connectivity index (χ2v) is 12.4. The Kier molecular flexibility index (Phi) is 12.8. The molecule has 1 aromatic heterocycles. The third kappa shape index (κ3) is 10.2. The van der Waals surface area contributed by atoms with Crippen LogP contribution in [0.2, 0.25) is 0 Å². The number of hydrogen-bond donors (Lipinski definition) is 6. The van der Waals surface area contributed by atoms with Crippen LogP contribution in [0.5, 0.6) is 0 Å². The average molecular weight is 608 g/mol. The Hall–Kier alpha value is -2.84. The molecule has 0 spiro atoms. The minimum atomic E-state index is -0.769. The van der Waals surface area contributed by atoms with Crippen LogP contribution in [0.1, 0.15) is 93.8 Å². The van der Waals surface area contributed by atoms with E-state index in [1.807, 2.05) is 11.8 Å². The van der Waals surface area contributed by atoms with Crippen molar-refractivity contribution >= 4 is 35.5 Å². The molecule has 5 unspecified atom stereocenters. The molecule has 42 heavy (non-hydrogen) atoms. The number of aliphatic hydroxyl groups excluding tert-OH is 1. The largest absolute Gasteiger partial charge is 0.368 e. The van der Waals surface area contributed by atoms with Crippen molar-refractivity contribution in [3.8, 4) is 0 Å². The third-order valence-corrected chi connectivity index (χ3v) is 9.34. The standard InChI is InChI=1S/C28H45N7O6S/c36-22(30-14-6-7-15-31-27(39)19-16-35(18-32-19)24-11-12-25(38)41-24)9-2-1-5-13-29-23(37)10-4-3-8-21-26-20(17-42-21)33-28(40)34-26/h16,18,20-21,24-26,38H,1-15,17H2,(H,29,37)(H,30,36)(H,31,39)(H2,33,34,40). The molecule has 3 saturated heterocycles. The molecule has 4 heterocycles. The lowest BCUT2D eigenvalue weighted by Gasteiger charge is -2.16. The van der Waals surface area contributed by atoms with E-state index in [4.69, 9.17) is 4.74 Å².